The molecule has 0 spiro atoms. The fourth-order valence-corrected chi connectivity index (χ4v) is 2.06. The molecule has 0 saturated heterocycles. The molecular formula is C11H11NO4S. The fourth-order valence-electron chi connectivity index (χ4n) is 1.25. The molecule has 0 radical (unpaired) electrons. The molecule has 0 aliphatic rings. The Bertz CT molecular complexity index is 477. The number of furan rings is 1. The minimum absolute atomic E-state index is 0.160. The van der Waals surface area contributed by atoms with Crippen LogP contribution in [0, 0.1) is 0 Å². The number of thioether (sulfide) groups is 1. The number of carboxylic acids is 1. The van der Waals surface area contributed by atoms with Gasteiger partial charge in [0.1, 0.15) is 0 Å². The first-order valence-corrected chi connectivity index (χ1v) is 6.20. The Morgan fingerprint density at radius 3 is 3.06 bits per heavy atom. The van der Waals surface area contributed by atoms with Crippen LogP contribution in [-0.4, -0.2) is 22.0 Å². The highest BCUT2D eigenvalue weighted by atomic mass is 32.2. The van der Waals surface area contributed by atoms with Crippen LogP contribution in [0.2, 0.25) is 0 Å². The maximum absolute atomic E-state index is 10.3. The van der Waals surface area contributed by atoms with Crippen molar-refractivity contribution in [1.82, 2.24) is 5.16 Å². The van der Waals surface area contributed by atoms with Crippen molar-refractivity contribution in [3.05, 3.63) is 30.2 Å². The maximum Gasteiger partial charge on any atom is 0.304 e. The quantitative estimate of drug-likeness (QED) is 0.797. The van der Waals surface area contributed by atoms with Gasteiger partial charge in [-0.3, -0.25) is 4.79 Å². The second-order valence-electron chi connectivity index (χ2n) is 3.36. The third-order valence-electron chi connectivity index (χ3n) is 2.03. The van der Waals surface area contributed by atoms with Crippen LogP contribution in [-0.2, 0) is 10.5 Å². The number of hydrogen-bond acceptors (Lipinski definition) is 5. The van der Waals surface area contributed by atoms with Gasteiger partial charge in [-0.25, -0.2) is 0 Å². The summed E-state index contributed by atoms with van der Waals surface area (Å²) in [5.41, 5.74) is 0.784. The highest BCUT2D eigenvalue weighted by molar-refractivity contribution is 7.98. The molecule has 17 heavy (non-hydrogen) atoms. The zero-order valence-electron chi connectivity index (χ0n) is 8.96. The van der Waals surface area contributed by atoms with Crippen LogP contribution in [0.25, 0.3) is 11.5 Å². The lowest BCUT2D eigenvalue weighted by Gasteiger charge is -1.94. The SMILES string of the molecule is O=C(O)CCSCc1cc(-c2ccco2)on1. The van der Waals surface area contributed by atoms with Gasteiger partial charge in [-0.15, -0.1) is 0 Å². The number of nitrogens with zero attached hydrogens (tertiary/aromatic N) is 1. The van der Waals surface area contributed by atoms with Crippen LogP contribution in [0.3, 0.4) is 0 Å². The molecule has 1 N–H and O–H groups in total. The van der Waals surface area contributed by atoms with E-state index in [1.807, 2.05) is 0 Å². The number of aromatic nitrogens is 1. The van der Waals surface area contributed by atoms with Gasteiger partial charge in [0.05, 0.1) is 18.4 Å². The normalized spacial score (nSPS) is 10.6. The molecule has 90 valence electrons. The van der Waals surface area contributed by atoms with Gasteiger partial charge in [-0.1, -0.05) is 5.16 Å². The van der Waals surface area contributed by atoms with E-state index in [4.69, 9.17) is 14.0 Å². The molecule has 2 rings (SSSR count). The molecule has 0 saturated carbocycles. The van der Waals surface area contributed by atoms with Gasteiger partial charge in [-0.2, -0.15) is 11.8 Å². The van der Waals surface area contributed by atoms with Gasteiger partial charge < -0.3 is 14.0 Å². The number of carbonyl (C=O) groups is 1. The van der Waals surface area contributed by atoms with Crippen molar-refractivity contribution >= 4 is 17.7 Å². The van der Waals surface area contributed by atoms with Crippen molar-refractivity contribution < 1.29 is 18.8 Å². The maximum atomic E-state index is 10.3. The predicted octanol–water partition coefficient (Wildman–Crippen LogP) is 2.64. The van der Waals surface area contributed by atoms with Gasteiger partial charge in [0.2, 0.25) is 5.76 Å². The molecule has 0 aliphatic carbocycles. The smallest absolute Gasteiger partial charge is 0.304 e. The third-order valence-corrected chi connectivity index (χ3v) is 3.03. The number of carboxylic acid groups (broad SMARTS) is 1. The summed E-state index contributed by atoms with van der Waals surface area (Å²) < 4.78 is 10.3. The molecule has 0 unspecified atom stereocenters. The molecule has 0 atom stereocenters. The first-order valence-electron chi connectivity index (χ1n) is 5.05. The number of rotatable bonds is 6. The van der Waals surface area contributed by atoms with Gasteiger partial charge in [0.25, 0.3) is 0 Å². The van der Waals surface area contributed by atoms with Crippen molar-refractivity contribution in [3.63, 3.8) is 0 Å². The molecule has 6 heteroatoms. The van der Waals surface area contributed by atoms with Crippen LogP contribution < -0.4 is 0 Å². The van der Waals surface area contributed by atoms with Gasteiger partial charge >= 0.3 is 5.97 Å². The third kappa shape index (κ3) is 3.39. The van der Waals surface area contributed by atoms with E-state index in [0.717, 1.165) is 5.69 Å². The van der Waals surface area contributed by atoms with E-state index < -0.39 is 5.97 Å². The van der Waals surface area contributed by atoms with Gasteiger partial charge in [0.15, 0.2) is 5.76 Å². The minimum Gasteiger partial charge on any atom is -0.481 e. The molecule has 0 bridgehead atoms. The lowest BCUT2D eigenvalue weighted by Crippen LogP contribution is -1.96. The van der Waals surface area contributed by atoms with Crippen LogP contribution in [0.1, 0.15) is 12.1 Å². The molecule has 2 heterocycles. The zero-order chi connectivity index (χ0) is 12.1. The van der Waals surface area contributed by atoms with Gasteiger partial charge in [-0.05, 0) is 12.1 Å². The van der Waals surface area contributed by atoms with E-state index in [9.17, 15) is 4.79 Å². The first-order chi connectivity index (χ1) is 8.25. The van der Waals surface area contributed by atoms with Gasteiger partial charge in [0, 0.05) is 17.6 Å². The second-order valence-corrected chi connectivity index (χ2v) is 4.46. The topological polar surface area (TPSA) is 76.5 Å². The van der Waals surface area contributed by atoms with Crippen LogP contribution in [0.15, 0.2) is 33.4 Å². The van der Waals surface area contributed by atoms with E-state index in [0.29, 0.717) is 23.0 Å². The molecular weight excluding hydrogens is 242 g/mol. The van der Waals surface area contributed by atoms with Crippen LogP contribution in [0.4, 0.5) is 0 Å². The predicted molar refractivity (Wildman–Crippen MR) is 62.6 cm³/mol. The summed E-state index contributed by atoms with van der Waals surface area (Å²) in [7, 11) is 0. The fraction of sp³-hybridized carbons (Fsp3) is 0.273. The van der Waals surface area contributed by atoms with Crippen molar-refractivity contribution in [2.45, 2.75) is 12.2 Å². The van der Waals surface area contributed by atoms with E-state index in [2.05, 4.69) is 5.16 Å². The summed E-state index contributed by atoms with van der Waals surface area (Å²) in [6.07, 6.45) is 1.73. The summed E-state index contributed by atoms with van der Waals surface area (Å²) in [4.78, 5) is 10.3. The summed E-state index contributed by atoms with van der Waals surface area (Å²) in [6, 6.07) is 5.37. The monoisotopic (exact) mass is 253 g/mol. The zero-order valence-corrected chi connectivity index (χ0v) is 9.77. The highest BCUT2D eigenvalue weighted by Gasteiger charge is 2.08. The summed E-state index contributed by atoms with van der Waals surface area (Å²) in [6.45, 7) is 0. The van der Waals surface area contributed by atoms with Crippen molar-refractivity contribution in [1.29, 1.82) is 0 Å². The standard InChI is InChI=1S/C11H11NO4S/c13-11(14)3-5-17-7-8-6-10(16-12-8)9-2-1-4-15-9/h1-2,4,6H,3,5,7H2,(H,13,14). The second kappa shape index (κ2) is 5.58. The minimum atomic E-state index is -0.783. The Hall–Kier alpha value is -1.69. The molecule has 0 aliphatic heterocycles. The van der Waals surface area contributed by atoms with E-state index >= 15 is 0 Å². The Kier molecular flexibility index (Phi) is 3.87. The van der Waals surface area contributed by atoms with E-state index in [1.54, 1.807) is 24.5 Å². The summed E-state index contributed by atoms with van der Waals surface area (Å²) in [5.74, 6) is 1.65. The van der Waals surface area contributed by atoms with Crippen molar-refractivity contribution in [2.75, 3.05) is 5.75 Å². The summed E-state index contributed by atoms with van der Waals surface area (Å²) >= 11 is 1.51. The molecule has 2 aromatic rings. The van der Waals surface area contributed by atoms with Crippen LogP contribution >= 0.6 is 11.8 Å². The Balaban J connectivity index is 1.84. The molecule has 2 aromatic heterocycles. The lowest BCUT2D eigenvalue weighted by molar-refractivity contribution is -0.136. The molecule has 5 nitrogen and oxygen atoms in total. The Labute approximate surface area is 102 Å². The lowest BCUT2D eigenvalue weighted by atomic mass is 10.3. The first kappa shape index (κ1) is 11.8. The Morgan fingerprint density at radius 2 is 2.35 bits per heavy atom. The largest absolute Gasteiger partial charge is 0.481 e. The molecule has 0 amide bonds. The average molecular weight is 253 g/mol. The molecule has 0 aromatic carbocycles. The van der Waals surface area contributed by atoms with E-state index in [1.165, 1.54) is 11.8 Å². The van der Waals surface area contributed by atoms with Crippen LogP contribution in [0.5, 0.6) is 0 Å². The molecule has 0 fully saturated rings. The van der Waals surface area contributed by atoms with E-state index in [-0.39, 0.29) is 6.42 Å². The number of hydrogen-bond donors (Lipinski definition) is 1. The Morgan fingerprint density at radius 1 is 1.47 bits per heavy atom. The highest BCUT2D eigenvalue weighted by Crippen LogP contribution is 2.22. The number of aliphatic carboxylic acids is 1. The summed E-state index contributed by atoms with van der Waals surface area (Å²) in [5, 5.41) is 12.4. The average Bonchev–Trinajstić information content (AvgIpc) is 2.94. The van der Waals surface area contributed by atoms with Crippen molar-refractivity contribution in [3.8, 4) is 11.5 Å². The van der Waals surface area contributed by atoms with Crippen molar-refractivity contribution in [2.24, 2.45) is 0 Å².